The van der Waals surface area contributed by atoms with Crippen LogP contribution in [0, 0.1) is 10.1 Å². The minimum atomic E-state index is -0.755. The monoisotopic (exact) mass is 395 g/mol. The zero-order valence-electron chi connectivity index (χ0n) is 16.1. The van der Waals surface area contributed by atoms with Crippen molar-refractivity contribution >= 4 is 17.7 Å². The van der Waals surface area contributed by atoms with Gasteiger partial charge in [0.15, 0.2) is 0 Å². The average Bonchev–Trinajstić information content (AvgIpc) is 2.71. The smallest absolute Gasteiger partial charge is 0.338 e. The van der Waals surface area contributed by atoms with Gasteiger partial charge in [-0.05, 0) is 37.1 Å². The molecule has 1 unspecified atom stereocenters. The largest absolute Gasteiger partial charge is 0.463 e. The number of hydrogen-bond donors (Lipinski definition) is 1. The molecule has 2 aromatic rings. The molecule has 2 aromatic carbocycles. The van der Waals surface area contributed by atoms with Gasteiger partial charge in [-0.1, -0.05) is 30.3 Å². The van der Waals surface area contributed by atoms with E-state index < -0.39 is 16.9 Å². The average molecular weight is 395 g/mol. The molecular weight excluding hydrogens is 374 g/mol. The molecule has 1 atom stereocenters. The Balaban J connectivity index is 2.01. The Labute approximate surface area is 167 Å². The first kappa shape index (κ1) is 20.1. The molecule has 0 saturated heterocycles. The lowest BCUT2D eigenvalue weighted by Gasteiger charge is -2.35. The summed E-state index contributed by atoms with van der Waals surface area (Å²) >= 11 is 0. The van der Waals surface area contributed by atoms with Crippen molar-refractivity contribution in [2.75, 3.05) is 6.61 Å². The lowest BCUT2D eigenvalue weighted by Crippen LogP contribution is -2.47. The summed E-state index contributed by atoms with van der Waals surface area (Å²) in [6, 6.07) is 14.1. The Hall–Kier alpha value is -3.68. The fourth-order valence-electron chi connectivity index (χ4n) is 3.25. The molecule has 1 aliphatic rings. The molecule has 29 heavy (non-hydrogen) atoms. The second kappa shape index (κ2) is 8.55. The van der Waals surface area contributed by atoms with Gasteiger partial charge in [-0.25, -0.2) is 9.59 Å². The van der Waals surface area contributed by atoms with Crippen molar-refractivity contribution in [3.63, 3.8) is 0 Å². The van der Waals surface area contributed by atoms with Gasteiger partial charge in [-0.15, -0.1) is 0 Å². The fraction of sp³-hybridized carbons (Fsp3) is 0.238. The Kier molecular flexibility index (Phi) is 5.92. The second-order valence-electron chi connectivity index (χ2n) is 6.52. The third kappa shape index (κ3) is 4.26. The van der Waals surface area contributed by atoms with Crippen molar-refractivity contribution in [3.8, 4) is 0 Å². The summed E-state index contributed by atoms with van der Waals surface area (Å²) in [5.41, 5.74) is 2.19. The van der Waals surface area contributed by atoms with Crippen LogP contribution in [0.3, 0.4) is 0 Å². The predicted molar refractivity (Wildman–Crippen MR) is 106 cm³/mol. The molecule has 150 valence electrons. The molecule has 0 saturated carbocycles. The number of nitrogens with one attached hydrogen (secondary N) is 1. The van der Waals surface area contributed by atoms with Crippen LogP contribution >= 0.6 is 0 Å². The summed E-state index contributed by atoms with van der Waals surface area (Å²) in [4.78, 5) is 37.4. The van der Waals surface area contributed by atoms with Gasteiger partial charge in [0.1, 0.15) is 0 Å². The number of nitro benzene ring substituents is 1. The highest BCUT2D eigenvalue weighted by Gasteiger charge is 2.36. The number of allylic oxidation sites excluding steroid dienone is 1. The van der Waals surface area contributed by atoms with E-state index in [1.165, 1.54) is 29.2 Å². The number of amides is 2. The van der Waals surface area contributed by atoms with Gasteiger partial charge in [0.25, 0.3) is 5.69 Å². The van der Waals surface area contributed by atoms with Crippen LogP contribution in [0.5, 0.6) is 0 Å². The van der Waals surface area contributed by atoms with Crippen molar-refractivity contribution < 1.29 is 19.2 Å². The van der Waals surface area contributed by atoms with Gasteiger partial charge in [0, 0.05) is 17.8 Å². The van der Waals surface area contributed by atoms with E-state index in [2.05, 4.69) is 5.32 Å². The number of carbonyl (C=O) groups is 2. The van der Waals surface area contributed by atoms with Crippen LogP contribution in [-0.4, -0.2) is 28.4 Å². The van der Waals surface area contributed by atoms with E-state index in [0.717, 1.165) is 5.56 Å². The highest BCUT2D eigenvalue weighted by Crippen LogP contribution is 2.32. The second-order valence-corrected chi connectivity index (χ2v) is 6.52. The maximum absolute atomic E-state index is 12.8. The predicted octanol–water partition coefficient (Wildman–Crippen LogP) is 3.70. The van der Waals surface area contributed by atoms with Crippen LogP contribution in [0.25, 0.3) is 0 Å². The minimum absolute atomic E-state index is 0.0695. The SMILES string of the molecule is CCOC(=O)C1=C(C)N(Cc2ccccc2)C(=O)NC1c1ccc([N+](=O)[O-])cc1. The molecular formula is C21H21N3O5. The third-order valence-corrected chi connectivity index (χ3v) is 4.71. The number of non-ortho nitro benzene ring substituents is 1. The lowest BCUT2D eigenvalue weighted by atomic mass is 9.94. The van der Waals surface area contributed by atoms with Crippen molar-refractivity contribution in [1.29, 1.82) is 0 Å². The molecule has 1 heterocycles. The van der Waals surface area contributed by atoms with Crippen LogP contribution < -0.4 is 5.32 Å². The number of nitro groups is 1. The zero-order valence-corrected chi connectivity index (χ0v) is 16.1. The van der Waals surface area contributed by atoms with Gasteiger partial charge in [0.2, 0.25) is 0 Å². The summed E-state index contributed by atoms with van der Waals surface area (Å²) in [6.07, 6.45) is 0. The maximum Gasteiger partial charge on any atom is 0.338 e. The van der Waals surface area contributed by atoms with E-state index in [4.69, 9.17) is 4.74 Å². The molecule has 0 bridgehead atoms. The summed E-state index contributed by atoms with van der Waals surface area (Å²) < 4.78 is 5.22. The molecule has 0 fully saturated rings. The first-order valence-corrected chi connectivity index (χ1v) is 9.16. The van der Waals surface area contributed by atoms with Crippen molar-refractivity contribution in [3.05, 3.63) is 87.1 Å². The molecule has 3 rings (SSSR count). The normalized spacial score (nSPS) is 16.4. The molecule has 0 aromatic heterocycles. The number of urea groups is 1. The quantitative estimate of drug-likeness (QED) is 0.456. The molecule has 1 aliphatic heterocycles. The topological polar surface area (TPSA) is 102 Å². The Bertz CT molecular complexity index is 954. The third-order valence-electron chi connectivity index (χ3n) is 4.71. The number of hydrogen-bond acceptors (Lipinski definition) is 5. The number of benzene rings is 2. The number of esters is 1. The number of nitrogens with zero attached hydrogens (tertiary/aromatic N) is 2. The van der Waals surface area contributed by atoms with Gasteiger partial charge >= 0.3 is 12.0 Å². The Morgan fingerprint density at radius 3 is 2.41 bits per heavy atom. The van der Waals surface area contributed by atoms with Crippen LogP contribution in [-0.2, 0) is 16.1 Å². The van der Waals surface area contributed by atoms with Crippen LogP contribution in [0.1, 0.15) is 31.0 Å². The van der Waals surface area contributed by atoms with Crippen LogP contribution in [0.2, 0.25) is 0 Å². The summed E-state index contributed by atoms with van der Waals surface area (Å²) in [5, 5.41) is 13.7. The maximum atomic E-state index is 12.8. The highest BCUT2D eigenvalue weighted by molar-refractivity contribution is 5.95. The first-order chi connectivity index (χ1) is 13.9. The van der Waals surface area contributed by atoms with Gasteiger partial charge in [-0.3, -0.25) is 15.0 Å². The fourth-order valence-corrected chi connectivity index (χ4v) is 3.25. The number of carbonyl (C=O) groups excluding carboxylic acids is 2. The molecule has 8 nitrogen and oxygen atoms in total. The zero-order chi connectivity index (χ0) is 21.0. The van der Waals surface area contributed by atoms with Crippen molar-refractivity contribution in [1.82, 2.24) is 10.2 Å². The Morgan fingerprint density at radius 2 is 1.83 bits per heavy atom. The van der Waals surface area contributed by atoms with Crippen molar-refractivity contribution in [2.45, 2.75) is 26.4 Å². The minimum Gasteiger partial charge on any atom is -0.463 e. The highest BCUT2D eigenvalue weighted by atomic mass is 16.6. The first-order valence-electron chi connectivity index (χ1n) is 9.16. The molecule has 0 spiro atoms. The molecule has 0 aliphatic carbocycles. The molecule has 8 heteroatoms. The van der Waals surface area contributed by atoms with E-state index in [1.54, 1.807) is 13.8 Å². The Morgan fingerprint density at radius 1 is 1.17 bits per heavy atom. The molecule has 1 N–H and O–H groups in total. The van der Waals surface area contributed by atoms with E-state index in [0.29, 0.717) is 23.4 Å². The van der Waals surface area contributed by atoms with Gasteiger partial charge in [-0.2, -0.15) is 0 Å². The van der Waals surface area contributed by atoms with Gasteiger partial charge < -0.3 is 10.1 Å². The molecule has 2 amide bonds. The van der Waals surface area contributed by atoms with E-state index in [9.17, 15) is 19.7 Å². The number of rotatable bonds is 6. The van der Waals surface area contributed by atoms with E-state index in [1.807, 2.05) is 30.3 Å². The van der Waals surface area contributed by atoms with Gasteiger partial charge in [0.05, 0.1) is 29.7 Å². The number of ether oxygens (including phenoxy) is 1. The van der Waals surface area contributed by atoms with E-state index in [-0.39, 0.29) is 18.3 Å². The lowest BCUT2D eigenvalue weighted by molar-refractivity contribution is -0.384. The van der Waals surface area contributed by atoms with Crippen molar-refractivity contribution in [2.24, 2.45) is 0 Å². The van der Waals surface area contributed by atoms with Crippen LogP contribution in [0.4, 0.5) is 10.5 Å². The van der Waals surface area contributed by atoms with E-state index >= 15 is 0 Å². The summed E-state index contributed by atoms with van der Waals surface area (Å²) in [7, 11) is 0. The standard InChI is InChI=1S/C21H21N3O5/c1-3-29-20(25)18-14(2)23(13-15-7-5-4-6-8-15)21(26)22-19(18)16-9-11-17(12-10-16)24(27)28/h4-12,19H,3,13H2,1-2H3,(H,22,26). The summed E-state index contributed by atoms with van der Waals surface area (Å²) in [6.45, 7) is 3.90. The molecule has 0 radical (unpaired) electrons. The summed E-state index contributed by atoms with van der Waals surface area (Å²) in [5.74, 6) is -0.536. The van der Waals surface area contributed by atoms with Crippen LogP contribution in [0.15, 0.2) is 65.9 Å².